The zero-order valence-corrected chi connectivity index (χ0v) is 12.5. The summed E-state index contributed by atoms with van der Waals surface area (Å²) in [7, 11) is 0. The second-order valence-corrected chi connectivity index (χ2v) is 5.75. The maximum absolute atomic E-state index is 12.1. The molecule has 1 aliphatic rings. The molecule has 1 aliphatic carbocycles. The number of hydrogen-bond donors (Lipinski definition) is 2. The lowest BCUT2D eigenvalue weighted by Gasteiger charge is -2.31. The van der Waals surface area contributed by atoms with Gasteiger partial charge in [0.2, 0.25) is 5.91 Å². The first-order valence-corrected chi connectivity index (χ1v) is 7.46. The molecule has 1 fully saturated rings. The van der Waals surface area contributed by atoms with Crippen LogP contribution < -0.4 is 11.1 Å². The number of amides is 1. The van der Waals surface area contributed by atoms with Crippen molar-refractivity contribution < 1.29 is 4.79 Å². The third-order valence-electron chi connectivity index (χ3n) is 4.08. The van der Waals surface area contributed by atoms with Gasteiger partial charge in [0.05, 0.1) is 6.54 Å². The molecular weight excluding hydrogens is 250 g/mol. The predicted octanol–water partition coefficient (Wildman–Crippen LogP) is 2.64. The molecule has 4 nitrogen and oxygen atoms in total. The van der Waals surface area contributed by atoms with Crippen molar-refractivity contribution in [1.29, 1.82) is 0 Å². The van der Waals surface area contributed by atoms with E-state index in [4.69, 9.17) is 5.73 Å². The highest BCUT2D eigenvalue weighted by molar-refractivity contribution is 5.93. The first-order valence-electron chi connectivity index (χ1n) is 7.46. The molecule has 1 saturated carbocycles. The van der Waals surface area contributed by atoms with Crippen LogP contribution in [0.25, 0.3) is 0 Å². The third-order valence-corrected chi connectivity index (χ3v) is 4.08. The van der Waals surface area contributed by atoms with Crippen molar-refractivity contribution in [3.05, 3.63) is 23.8 Å². The Labute approximate surface area is 121 Å². The molecule has 2 rings (SSSR count). The third kappa shape index (κ3) is 3.97. The highest BCUT2D eigenvalue weighted by Gasteiger charge is 2.21. The van der Waals surface area contributed by atoms with E-state index in [0.29, 0.717) is 6.54 Å². The molecule has 0 radical (unpaired) electrons. The van der Waals surface area contributed by atoms with Gasteiger partial charge in [-0.05, 0) is 56.0 Å². The fourth-order valence-electron chi connectivity index (χ4n) is 2.57. The summed E-state index contributed by atoms with van der Waals surface area (Å²) in [6, 6.07) is 5.56. The minimum atomic E-state index is 0.0547. The number of likely N-dealkylation sites (N-methyl/N-ethyl adjacent to an activating group) is 1. The Balaban J connectivity index is 1.86. The normalized spacial score (nSPS) is 15.2. The molecule has 0 atom stereocenters. The molecule has 4 heteroatoms. The van der Waals surface area contributed by atoms with Gasteiger partial charge >= 0.3 is 0 Å². The van der Waals surface area contributed by atoms with Crippen LogP contribution in [0.2, 0.25) is 0 Å². The van der Waals surface area contributed by atoms with Gasteiger partial charge in [0.15, 0.2) is 0 Å². The van der Waals surface area contributed by atoms with Crippen molar-refractivity contribution in [1.82, 2.24) is 4.90 Å². The molecule has 0 heterocycles. The molecule has 1 aromatic carbocycles. The van der Waals surface area contributed by atoms with Crippen molar-refractivity contribution in [2.45, 2.75) is 33.1 Å². The Morgan fingerprint density at radius 3 is 2.75 bits per heavy atom. The van der Waals surface area contributed by atoms with Gasteiger partial charge in [-0.15, -0.1) is 0 Å². The highest BCUT2D eigenvalue weighted by atomic mass is 16.2. The SMILES string of the molecule is CCN(CC(=O)Nc1ccc(N)cc1C)CC1CCC1. The zero-order chi connectivity index (χ0) is 14.5. The highest BCUT2D eigenvalue weighted by Crippen LogP contribution is 2.27. The lowest BCUT2D eigenvalue weighted by atomic mass is 9.85. The monoisotopic (exact) mass is 275 g/mol. The number of nitrogens with zero attached hydrogens (tertiary/aromatic N) is 1. The quantitative estimate of drug-likeness (QED) is 0.785. The Hall–Kier alpha value is -1.55. The van der Waals surface area contributed by atoms with Crippen molar-refractivity contribution in [2.75, 3.05) is 30.7 Å². The van der Waals surface area contributed by atoms with Crippen molar-refractivity contribution in [3.8, 4) is 0 Å². The van der Waals surface area contributed by atoms with E-state index in [1.54, 1.807) is 0 Å². The van der Waals surface area contributed by atoms with Gasteiger partial charge in [-0.25, -0.2) is 0 Å². The Kier molecular flexibility index (Phi) is 5.01. The number of nitrogen functional groups attached to an aromatic ring is 1. The van der Waals surface area contributed by atoms with Crippen LogP contribution in [0.15, 0.2) is 18.2 Å². The summed E-state index contributed by atoms with van der Waals surface area (Å²) in [5.74, 6) is 0.847. The molecule has 0 aromatic heterocycles. The summed E-state index contributed by atoms with van der Waals surface area (Å²) in [6.45, 7) is 6.50. The molecule has 110 valence electrons. The summed E-state index contributed by atoms with van der Waals surface area (Å²) in [5, 5.41) is 2.98. The standard InChI is InChI=1S/C16H25N3O/c1-3-19(10-13-5-4-6-13)11-16(20)18-15-8-7-14(17)9-12(15)2/h7-9,13H,3-6,10-11,17H2,1-2H3,(H,18,20). The minimum Gasteiger partial charge on any atom is -0.399 e. The second kappa shape index (κ2) is 6.75. The number of nitrogens with two attached hydrogens (primary N) is 1. The first-order chi connectivity index (χ1) is 9.58. The molecule has 3 N–H and O–H groups in total. The minimum absolute atomic E-state index is 0.0547. The fourth-order valence-corrected chi connectivity index (χ4v) is 2.57. The van der Waals surface area contributed by atoms with E-state index in [1.165, 1.54) is 19.3 Å². The van der Waals surface area contributed by atoms with E-state index in [0.717, 1.165) is 35.9 Å². The van der Waals surface area contributed by atoms with Crippen LogP contribution in [0.5, 0.6) is 0 Å². The molecule has 1 amide bonds. The Morgan fingerprint density at radius 2 is 2.20 bits per heavy atom. The number of benzene rings is 1. The number of carbonyl (C=O) groups is 1. The zero-order valence-electron chi connectivity index (χ0n) is 12.5. The maximum atomic E-state index is 12.1. The van der Waals surface area contributed by atoms with Crippen LogP contribution in [-0.4, -0.2) is 30.4 Å². The lowest BCUT2D eigenvalue weighted by Crippen LogP contribution is -2.38. The molecule has 0 bridgehead atoms. The Bertz CT molecular complexity index is 469. The first kappa shape index (κ1) is 14.9. The number of rotatable bonds is 6. The van der Waals surface area contributed by atoms with Crippen LogP contribution in [0.3, 0.4) is 0 Å². The van der Waals surface area contributed by atoms with E-state index in [9.17, 15) is 4.79 Å². The largest absolute Gasteiger partial charge is 0.399 e. The van der Waals surface area contributed by atoms with Crippen LogP contribution in [0.1, 0.15) is 31.7 Å². The molecule has 20 heavy (non-hydrogen) atoms. The van der Waals surface area contributed by atoms with Crippen molar-refractivity contribution >= 4 is 17.3 Å². The molecule has 0 aliphatic heterocycles. The van der Waals surface area contributed by atoms with Crippen LogP contribution in [0, 0.1) is 12.8 Å². The lowest BCUT2D eigenvalue weighted by molar-refractivity contribution is -0.117. The van der Waals surface area contributed by atoms with E-state index < -0.39 is 0 Å². The summed E-state index contributed by atoms with van der Waals surface area (Å²) in [4.78, 5) is 14.4. The summed E-state index contributed by atoms with van der Waals surface area (Å²) in [5.41, 5.74) is 8.29. The average molecular weight is 275 g/mol. The van der Waals surface area contributed by atoms with E-state index >= 15 is 0 Å². The van der Waals surface area contributed by atoms with Gasteiger partial charge in [0, 0.05) is 17.9 Å². The molecule has 0 unspecified atom stereocenters. The predicted molar refractivity (Wildman–Crippen MR) is 83.7 cm³/mol. The molecule has 0 spiro atoms. The molecular formula is C16H25N3O. The van der Waals surface area contributed by atoms with Gasteiger partial charge in [-0.3, -0.25) is 9.69 Å². The summed E-state index contributed by atoms with van der Waals surface area (Å²) >= 11 is 0. The second-order valence-electron chi connectivity index (χ2n) is 5.75. The van der Waals surface area contributed by atoms with Gasteiger partial charge in [-0.1, -0.05) is 13.3 Å². The van der Waals surface area contributed by atoms with E-state index in [-0.39, 0.29) is 5.91 Å². The smallest absolute Gasteiger partial charge is 0.238 e. The number of aryl methyl sites for hydroxylation is 1. The number of nitrogens with one attached hydrogen (secondary N) is 1. The van der Waals surface area contributed by atoms with E-state index in [2.05, 4.69) is 17.1 Å². The Morgan fingerprint density at radius 1 is 1.45 bits per heavy atom. The summed E-state index contributed by atoms with van der Waals surface area (Å²) in [6.07, 6.45) is 3.98. The van der Waals surface area contributed by atoms with Gasteiger partial charge < -0.3 is 11.1 Å². The number of carbonyl (C=O) groups excluding carboxylic acids is 1. The molecule has 1 aromatic rings. The maximum Gasteiger partial charge on any atom is 0.238 e. The van der Waals surface area contributed by atoms with Gasteiger partial charge in [0.25, 0.3) is 0 Å². The topological polar surface area (TPSA) is 58.4 Å². The molecule has 0 saturated heterocycles. The fraction of sp³-hybridized carbons (Fsp3) is 0.562. The average Bonchev–Trinajstić information content (AvgIpc) is 2.35. The number of hydrogen-bond acceptors (Lipinski definition) is 3. The van der Waals surface area contributed by atoms with Gasteiger partial charge in [0.1, 0.15) is 0 Å². The summed E-state index contributed by atoms with van der Waals surface area (Å²) < 4.78 is 0. The van der Waals surface area contributed by atoms with Crippen LogP contribution in [0.4, 0.5) is 11.4 Å². The van der Waals surface area contributed by atoms with Gasteiger partial charge in [-0.2, -0.15) is 0 Å². The van der Waals surface area contributed by atoms with Crippen LogP contribution >= 0.6 is 0 Å². The van der Waals surface area contributed by atoms with Crippen molar-refractivity contribution in [3.63, 3.8) is 0 Å². The van der Waals surface area contributed by atoms with Crippen molar-refractivity contribution in [2.24, 2.45) is 5.92 Å². The van der Waals surface area contributed by atoms with Crippen LogP contribution in [-0.2, 0) is 4.79 Å². The van der Waals surface area contributed by atoms with E-state index in [1.807, 2.05) is 25.1 Å². The number of anilines is 2.